The monoisotopic (exact) mass is 288 g/mol. The molecule has 3 rings (SSSR count). The zero-order valence-corrected chi connectivity index (χ0v) is 12.8. The molecular formula is C16H20N2OS. The molecule has 0 amide bonds. The molecule has 0 fully saturated rings. The maximum absolute atomic E-state index is 9.82. The predicted molar refractivity (Wildman–Crippen MR) is 83.9 cm³/mol. The fraction of sp³-hybridized carbons (Fsp3) is 0.438. The molecule has 1 unspecified atom stereocenters. The highest BCUT2D eigenvalue weighted by Crippen LogP contribution is 2.37. The van der Waals surface area contributed by atoms with Crippen LogP contribution in [0.1, 0.15) is 42.0 Å². The first-order valence-corrected chi connectivity index (χ1v) is 7.99. The minimum Gasteiger partial charge on any atom is -0.388 e. The number of benzene rings is 1. The topological polar surface area (TPSA) is 36.4 Å². The average Bonchev–Trinajstić information content (AvgIpc) is 2.70. The average molecular weight is 288 g/mol. The van der Waals surface area contributed by atoms with Gasteiger partial charge in [-0.25, -0.2) is 4.98 Å². The molecule has 0 aliphatic carbocycles. The summed E-state index contributed by atoms with van der Waals surface area (Å²) < 4.78 is 0. The highest BCUT2D eigenvalue weighted by Gasteiger charge is 2.21. The number of aliphatic hydroxyl groups excluding tert-OH is 1. The van der Waals surface area contributed by atoms with Crippen LogP contribution in [-0.2, 0) is 6.42 Å². The second kappa shape index (κ2) is 5.54. The normalized spacial score (nSPS) is 16.6. The molecule has 0 saturated heterocycles. The van der Waals surface area contributed by atoms with E-state index in [-0.39, 0.29) is 0 Å². The van der Waals surface area contributed by atoms with Gasteiger partial charge >= 0.3 is 0 Å². The molecule has 4 heteroatoms. The number of fused-ring (bicyclic) bond motifs is 1. The molecule has 0 bridgehead atoms. The summed E-state index contributed by atoms with van der Waals surface area (Å²) in [4.78, 5) is 7.97. The molecule has 1 aromatic carbocycles. The first kappa shape index (κ1) is 13.6. The molecule has 1 aliphatic heterocycles. The van der Waals surface area contributed by atoms with Crippen molar-refractivity contribution in [3.8, 4) is 0 Å². The molecule has 2 aromatic rings. The van der Waals surface area contributed by atoms with Gasteiger partial charge in [0.2, 0.25) is 0 Å². The van der Waals surface area contributed by atoms with E-state index in [0.717, 1.165) is 28.7 Å². The van der Waals surface area contributed by atoms with Crippen LogP contribution in [0.2, 0.25) is 0 Å². The molecular weight excluding hydrogens is 268 g/mol. The lowest BCUT2D eigenvalue weighted by Crippen LogP contribution is -2.17. The van der Waals surface area contributed by atoms with Gasteiger partial charge in [0.25, 0.3) is 0 Å². The van der Waals surface area contributed by atoms with Crippen molar-refractivity contribution in [1.29, 1.82) is 0 Å². The molecule has 0 radical (unpaired) electrons. The van der Waals surface area contributed by atoms with E-state index >= 15 is 0 Å². The Balaban J connectivity index is 2.03. The van der Waals surface area contributed by atoms with Crippen LogP contribution in [0.25, 0.3) is 0 Å². The first-order valence-electron chi connectivity index (χ1n) is 7.17. The van der Waals surface area contributed by atoms with Crippen LogP contribution in [0.3, 0.4) is 0 Å². The van der Waals surface area contributed by atoms with Crippen molar-refractivity contribution in [1.82, 2.24) is 4.98 Å². The Morgan fingerprint density at radius 3 is 2.85 bits per heavy atom. The Morgan fingerprint density at radius 1 is 1.30 bits per heavy atom. The third-order valence-electron chi connectivity index (χ3n) is 3.79. The molecule has 1 aromatic heterocycles. The number of anilines is 2. The lowest BCUT2D eigenvalue weighted by atomic mass is 10.1. The van der Waals surface area contributed by atoms with Crippen LogP contribution in [0, 0.1) is 6.92 Å². The Hall–Kier alpha value is -1.39. The van der Waals surface area contributed by atoms with Crippen molar-refractivity contribution in [3.63, 3.8) is 0 Å². The van der Waals surface area contributed by atoms with Gasteiger partial charge in [-0.05, 0) is 44.7 Å². The zero-order valence-electron chi connectivity index (χ0n) is 12.0. The number of nitrogens with zero attached hydrogens (tertiary/aromatic N) is 2. The number of hydrogen-bond acceptors (Lipinski definition) is 4. The van der Waals surface area contributed by atoms with Gasteiger partial charge in [-0.15, -0.1) is 0 Å². The maximum Gasteiger partial charge on any atom is 0.190 e. The largest absolute Gasteiger partial charge is 0.388 e. The standard InChI is InChI=1S/C16H20N2OS/c1-11-15(12(2)19)20-16(17-11)18-10-6-5-8-13-7-3-4-9-14(13)18/h3-4,7,9,12,19H,5-6,8,10H2,1-2H3. The van der Waals surface area contributed by atoms with Gasteiger partial charge in [0.05, 0.1) is 16.7 Å². The van der Waals surface area contributed by atoms with E-state index in [1.807, 2.05) is 6.92 Å². The number of aryl methyl sites for hydroxylation is 2. The molecule has 106 valence electrons. The summed E-state index contributed by atoms with van der Waals surface area (Å²) in [6.07, 6.45) is 3.10. The minimum absolute atomic E-state index is 0.441. The van der Waals surface area contributed by atoms with Crippen molar-refractivity contribution in [2.75, 3.05) is 11.4 Å². The highest BCUT2D eigenvalue weighted by atomic mass is 32.1. The molecule has 0 spiro atoms. The van der Waals surface area contributed by atoms with Crippen LogP contribution >= 0.6 is 11.3 Å². The number of para-hydroxylation sites is 1. The quantitative estimate of drug-likeness (QED) is 0.908. The van der Waals surface area contributed by atoms with Crippen molar-refractivity contribution >= 4 is 22.2 Å². The van der Waals surface area contributed by atoms with Gasteiger partial charge in [0.15, 0.2) is 5.13 Å². The molecule has 20 heavy (non-hydrogen) atoms. The van der Waals surface area contributed by atoms with Gasteiger partial charge in [0, 0.05) is 12.2 Å². The number of rotatable bonds is 2. The maximum atomic E-state index is 9.82. The lowest BCUT2D eigenvalue weighted by Gasteiger charge is -2.21. The van der Waals surface area contributed by atoms with E-state index in [1.54, 1.807) is 18.3 Å². The van der Waals surface area contributed by atoms with E-state index < -0.39 is 6.10 Å². The van der Waals surface area contributed by atoms with Gasteiger partial charge in [-0.3, -0.25) is 0 Å². The third-order valence-corrected chi connectivity index (χ3v) is 5.14. The van der Waals surface area contributed by atoms with E-state index in [2.05, 4.69) is 34.1 Å². The van der Waals surface area contributed by atoms with E-state index in [9.17, 15) is 5.11 Å². The first-order chi connectivity index (χ1) is 9.66. The van der Waals surface area contributed by atoms with Crippen LogP contribution in [0.15, 0.2) is 24.3 Å². The second-order valence-electron chi connectivity index (χ2n) is 5.36. The summed E-state index contributed by atoms with van der Waals surface area (Å²) in [6.45, 7) is 4.79. The van der Waals surface area contributed by atoms with Gasteiger partial charge in [-0.2, -0.15) is 0 Å². The molecule has 1 aliphatic rings. The molecule has 1 atom stereocenters. The Labute approximate surface area is 123 Å². The fourth-order valence-corrected chi connectivity index (χ4v) is 3.83. The molecule has 2 heterocycles. The number of aromatic nitrogens is 1. The molecule has 0 saturated carbocycles. The Bertz CT molecular complexity index is 606. The molecule has 3 nitrogen and oxygen atoms in total. The summed E-state index contributed by atoms with van der Waals surface area (Å²) >= 11 is 1.61. The van der Waals surface area contributed by atoms with Crippen molar-refractivity contribution in [3.05, 3.63) is 40.4 Å². The third kappa shape index (κ3) is 2.45. The summed E-state index contributed by atoms with van der Waals surface area (Å²) in [5, 5.41) is 10.8. The van der Waals surface area contributed by atoms with E-state index in [4.69, 9.17) is 0 Å². The number of aliphatic hydroxyl groups is 1. The van der Waals surface area contributed by atoms with Crippen molar-refractivity contribution in [2.24, 2.45) is 0 Å². The highest BCUT2D eigenvalue weighted by molar-refractivity contribution is 7.15. The minimum atomic E-state index is -0.441. The molecule has 1 N–H and O–H groups in total. The summed E-state index contributed by atoms with van der Waals surface area (Å²) in [6, 6.07) is 8.59. The Morgan fingerprint density at radius 2 is 2.10 bits per heavy atom. The zero-order chi connectivity index (χ0) is 14.1. The van der Waals surface area contributed by atoms with Gasteiger partial charge in [-0.1, -0.05) is 29.5 Å². The van der Waals surface area contributed by atoms with E-state index in [0.29, 0.717) is 0 Å². The SMILES string of the molecule is Cc1nc(N2CCCCc3ccccc32)sc1C(C)O. The number of hydrogen-bond donors (Lipinski definition) is 1. The van der Waals surface area contributed by atoms with Crippen molar-refractivity contribution < 1.29 is 5.11 Å². The summed E-state index contributed by atoms with van der Waals surface area (Å²) in [7, 11) is 0. The lowest BCUT2D eigenvalue weighted by molar-refractivity contribution is 0.202. The smallest absolute Gasteiger partial charge is 0.190 e. The van der Waals surface area contributed by atoms with Crippen molar-refractivity contribution in [2.45, 2.75) is 39.2 Å². The summed E-state index contributed by atoms with van der Waals surface area (Å²) in [5.41, 5.74) is 3.62. The van der Waals surface area contributed by atoms with Crippen LogP contribution < -0.4 is 4.90 Å². The fourth-order valence-electron chi connectivity index (χ4n) is 2.79. The number of thiazole rings is 1. The predicted octanol–water partition coefficient (Wildman–Crippen LogP) is 3.98. The Kier molecular flexibility index (Phi) is 3.76. The van der Waals surface area contributed by atoms with Gasteiger partial charge in [0.1, 0.15) is 0 Å². The van der Waals surface area contributed by atoms with E-state index in [1.165, 1.54) is 24.1 Å². The van der Waals surface area contributed by atoms with Crippen LogP contribution in [0.5, 0.6) is 0 Å². The second-order valence-corrected chi connectivity index (χ2v) is 6.37. The van der Waals surface area contributed by atoms with Gasteiger partial charge < -0.3 is 10.0 Å². The van der Waals surface area contributed by atoms with Crippen LogP contribution in [0.4, 0.5) is 10.8 Å². The summed E-state index contributed by atoms with van der Waals surface area (Å²) in [5.74, 6) is 0. The van der Waals surface area contributed by atoms with Crippen LogP contribution in [-0.4, -0.2) is 16.6 Å².